The number of hydrogen-bond donors (Lipinski definition) is 1. The molecule has 2 nitrogen and oxygen atoms in total. The van der Waals surface area contributed by atoms with Crippen LogP contribution in [0.15, 0.2) is 24.3 Å². The van der Waals surface area contributed by atoms with Gasteiger partial charge in [0.15, 0.2) is 0 Å². The molecule has 2 aliphatic carbocycles. The third-order valence-corrected chi connectivity index (χ3v) is 4.32. The molecule has 2 aliphatic rings. The van der Waals surface area contributed by atoms with Crippen molar-refractivity contribution in [3.8, 4) is 5.75 Å². The molecular formula is C15H21NO. The van der Waals surface area contributed by atoms with E-state index in [0.29, 0.717) is 11.5 Å². The summed E-state index contributed by atoms with van der Waals surface area (Å²) in [4.78, 5) is 0. The summed E-state index contributed by atoms with van der Waals surface area (Å²) in [5.41, 5.74) is 7.52. The summed E-state index contributed by atoms with van der Waals surface area (Å²) >= 11 is 0. The van der Waals surface area contributed by atoms with Gasteiger partial charge in [0, 0.05) is 12.0 Å². The number of ether oxygens (including phenoxy) is 1. The predicted molar refractivity (Wildman–Crippen MR) is 69.3 cm³/mol. The second-order valence-corrected chi connectivity index (χ2v) is 5.53. The van der Waals surface area contributed by atoms with Crippen molar-refractivity contribution in [2.75, 3.05) is 6.54 Å². The highest BCUT2D eigenvalue weighted by Gasteiger charge is 2.42. The Bertz CT molecular complexity index is 374. The van der Waals surface area contributed by atoms with Crippen molar-refractivity contribution in [3.63, 3.8) is 0 Å². The lowest BCUT2D eigenvalue weighted by Gasteiger charge is -2.16. The van der Waals surface area contributed by atoms with Crippen molar-refractivity contribution in [2.24, 2.45) is 5.73 Å². The van der Waals surface area contributed by atoms with Gasteiger partial charge in [0.2, 0.25) is 0 Å². The van der Waals surface area contributed by atoms with Crippen molar-refractivity contribution in [2.45, 2.75) is 50.0 Å². The van der Waals surface area contributed by atoms with E-state index < -0.39 is 0 Å². The fourth-order valence-electron chi connectivity index (χ4n) is 2.85. The van der Waals surface area contributed by atoms with Crippen molar-refractivity contribution < 1.29 is 4.74 Å². The van der Waals surface area contributed by atoms with E-state index in [0.717, 1.165) is 12.3 Å². The van der Waals surface area contributed by atoms with Gasteiger partial charge in [-0.15, -0.1) is 0 Å². The summed E-state index contributed by atoms with van der Waals surface area (Å²) < 4.78 is 5.97. The Morgan fingerprint density at radius 3 is 2.29 bits per heavy atom. The number of hydrogen-bond acceptors (Lipinski definition) is 2. The van der Waals surface area contributed by atoms with Crippen LogP contribution in [0.25, 0.3) is 0 Å². The zero-order valence-electron chi connectivity index (χ0n) is 10.3. The van der Waals surface area contributed by atoms with E-state index in [1.807, 2.05) is 0 Å². The molecule has 0 spiro atoms. The van der Waals surface area contributed by atoms with Crippen LogP contribution >= 0.6 is 0 Å². The maximum atomic E-state index is 5.97. The average molecular weight is 231 g/mol. The summed E-state index contributed by atoms with van der Waals surface area (Å²) in [5.74, 6) is 1.02. The molecular weight excluding hydrogens is 210 g/mol. The van der Waals surface area contributed by atoms with E-state index in [-0.39, 0.29) is 0 Å². The highest BCUT2D eigenvalue weighted by molar-refractivity contribution is 5.36. The maximum absolute atomic E-state index is 5.97. The van der Waals surface area contributed by atoms with Crippen LogP contribution in [0.3, 0.4) is 0 Å². The van der Waals surface area contributed by atoms with Crippen LogP contribution in [0.4, 0.5) is 0 Å². The largest absolute Gasteiger partial charge is 0.490 e. The van der Waals surface area contributed by atoms with Crippen LogP contribution in [0, 0.1) is 0 Å². The first kappa shape index (κ1) is 11.1. The highest BCUT2D eigenvalue weighted by atomic mass is 16.5. The molecule has 0 atom stereocenters. The Morgan fingerprint density at radius 1 is 1.12 bits per heavy atom. The maximum Gasteiger partial charge on any atom is 0.119 e. The minimum Gasteiger partial charge on any atom is -0.490 e. The van der Waals surface area contributed by atoms with E-state index in [9.17, 15) is 0 Å². The average Bonchev–Trinajstić information content (AvgIpc) is 3.01. The SMILES string of the molecule is NCC1(c2ccc(OC3CCCC3)cc2)CC1. The molecule has 3 rings (SSSR count). The van der Waals surface area contributed by atoms with E-state index in [4.69, 9.17) is 10.5 Å². The molecule has 2 N–H and O–H groups in total. The second kappa shape index (κ2) is 4.34. The zero-order chi connectivity index (χ0) is 11.7. The van der Waals surface area contributed by atoms with Crippen molar-refractivity contribution >= 4 is 0 Å². The van der Waals surface area contributed by atoms with Gasteiger partial charge in [-0.25, -0.2) is 0 Å². The summed E-state index contributed by atoms with van der Waals surface area (Å²) in [7, 11) is 0. The first-order valence-electron chi connectivity index (χ1n) is 6.80. The Kier molecular flexibility index (Phi) is 2.83. The standard InChI is InChI=1S/C15H21NO/c16-11-15(9-10-15)12-5-7-14(8-6-12)17-13-3-1-2-4-13/h5-8,13H,1-4,9-11,16H2. The van der Waals surface area contributed by atoms with Crippen LogP contribution in [0.1, 0.15) is 44.1 Å². The van der Waals surface area contributed by atoms with Crippen molar-refractivity contribution in [3.05, 3.63) is 29.8 Å². The van der Waals surface area contributed by atoms with E-state index in [2.05, 4.69) is 24.3 Å². The molecule has 0 unspecified atom stereocenters. The van der Waals surface area contributed by atoms with Gasteiger partial charge in [0.1, 0.15) is 5.75 Å². The molecule has 0 aromatic heterocycles. The Hall–Kier alpha value is -1.02. The van der Waals surface area contributed by atoms with Crippen molar-refractivity contribution in [1.82, 2.24) is 0 Å². The molecule has 2 fully saturated rings. The Labute approximate surface area is 103 Å². The lowest BCUT2D eigenvalue weighted by molar-refractivity contribution is 0.210. The van der Waals surface area contributed by atoms with Gasteiger partial charge >= 0.3 is 0 Å². The van der Waals surface area contributed by atoms with Gasteiger partial charge in [-0.2, -0.15) is 0 Å². The van der Waals surface area contributed by atoms with Crippen LogP contribution in [0.5, 0.6) is 5.75 Å². The van der Waals surface area contributed by atoms with Crippen LogP contribution in [-0.2, 0) is 5.41 Å². The van der Waals surface area contributed by atoms with Crippen LogP contribution in [-0.4, -0.2) is 12.6 Å². The van der Waals surface area contributed by atoms with E-state index >= 15 is 0 Å². The van der Waals surface area contributed by atoms with Gasteiger partial charge in [-0.05, 0) is 56.2 Å². The third-order valence-electron chi connectivity index (χ3n) is 4.32. The monoisotopic (exact) mass is 231 g/mol. The molecule has 0 radical (unpaired) electrons. The molecule has 0 bridgehead atoms. The normalized spacial score (nSPS) is 22.6. The molecule has 1 aromatic carbocycles. The van der Waals surface area contributed by atoms with E-state index in [1.54, 1.807) is 0 Å². The minimum absolute atomic E-state index is 0.298. The molecule has 17 heavy (non-hydrogen) atoms. The van der Waals surface area contributed by atoms with E-state index in [1.165, 1.54) is 44.1 Å². The number of rotatable bonds is 4. The zero-order valence-corrected chi connectivity index (χ0v) is 10.3. The topological polar surface area (TPSA) is 35.2 Å². The fourth-order valence-corrected chi connectivity index (χ4v) is 2.85. The van der Waals surface area contributed by atoms with Gasteiger partial charge in [0.05, 0.1) is 6.10 Å². The summed E-state index contributed by atoms with van der Waals surface area (Å²) in [6.07, 6.45) is 8.00. The van der Waals surface area contributed by atoms with Crippen molar-refractivity contribution in [1.29, 1.82) is 0 Å². The van der Waals surface area contributed by atoms with Gasteiger partial charge < -0.3 is 10.5 Å². The smallest absolute Gasteiger partial charge is 0.119 e. The number of benzene rings is 1. The third kappa shape index (κ3) is 2.19. The predicted octanol–water partition coefficient (Wildman–Crippen LogP) is 3.00. The fraction of sp³-hybridized carbons (Fsp3) is 0.600. The molecule has 0 heterocycles. The molecule has 2 saturated carbocycles. The minimum atomic E-state index is 0.298. The lowest BCUT2D eigenvalue weighted by Crippen LogP contribution is -2.19. The summed E-state index contributed by atoms with van der Waals surface area (Å²) in [5, 5.41) is 0. The summed E-state index contributed by atoms with van der Waals surface area (Å²) in [6.45, 7) is 0.774. The second-order valence-electron chi connectivity index (χ2n) is 5.53. The molecule has 2 heteroatoms. The Balaban J connectivity index is 1.67. The highest BCUT2D eigenvalue weighted by Crippen LogP contribution is 2.47. The molecule has 0 amide bonds. The van der Waals surface area contributed by atoms with Gasteiger partial charge in [-0.1, -0.05) is 12.1 Å². The number of nitrogens with two attached hydrogens (primary N) is 1. The molecule has 0 aliphatic heterocycles. The molecule has 1 aromatic rings. The van der Waals surface area contributed by atoms with Crippen LogP contribution in [0.2, 0.25) is 0 Å². The quantitative estimate of drug-likeness (QED) is 0.864. The Morgan fingerprint density at radius 2 is 1.76 bits per heavy atom. The first-order chi connectivity index (χ1) is 8.32. The van der Waals surface area contributed by atoms with Gasteiger partial charge in [-0.3, -0.25) is 0 Å². The molecule has 92 valence electrons. The first-order valence-corrected chi connectivity index (χ1v) is 6.80. The van der Waals surface area contributed by atoms with Gasteiger partial charge in [0.25, 0.3) is 0 Å². The lowest BCUT2D eigenvalue weighted by atomic mass is 9.96. The summed E-state index contributed by atoms with van der Waals surface area (Å²) in [6, 6.07) is 8.63. The molecule has 0 saturated heterocycles. The van der Waals surface area contributed by atoms with Crippen LogP contribution < -0.4 is 10.5 Å².